The van der Waals surface area contributed by atoms with Crippen LogP contribution >= 0.6 is 27.5 Å². The van der Waals surface area contributed by atoms with Crippen molar-refractivity contribution in [3.05, 3.63) is 21.8 Å². The summed E-state index contributed by atoms with van der Waals surface area (Å²) in [7, 11) is 1.64. The van der Waals surface area contributed by atoms with Crippen LogP contribution in [-0.2, 0) is 4.74 Å². The minimum atomic E-state index is 0.0699. The highest BCUT2D eigenvalue weighted by Gasteiger charge is 2.11. The van der Waals surface area contributed by atoms with Gasteiger partial charge in [-0.15, -0.1) is 0 Å². The van der Waals surface area contributed by atoms with Crippen molar-refractivity contribution in [3.8, 4) is 0 Å². The van der Waals surface area contributed by atoms with Crippen LogP contribution in [0.2, 0.25) is 5.02 Å². The predicted octanol–water partition coefficient (Wildman–Crippen LogP) is 1.94. The van der Waals surface area contributed by atoms with Gasteiger partial charge < -0.3 is 14.7 Å². The van der Waals surface area contributed by atoms with Gasteiger partial charge >= 0.3 is 0 Å². The summed E-state index contributed by atoms with van der Waals surface area (Å²) < 4.78 is 5.82. The summed E-state index contributed by atoms with van der Waals surface area (Å²) in [5.74, 6) is 0.760. The zero-order valence-electron chi connectivity index (χ0n) is 8.99. The van der Waals surface area contributed by atoms with Crippen LogP contribution in [0.15, 0.2) is 16.7 Å². The number of anilines is 1. The number of rotatable bonds is 6. The van der Waals surface area contributed by atoms with Crippen LogP contribution < -0.4 is 4.90 Å². The molecule has 0 fully saturated rings. The minimum absolute atomic E-state index is 0.0699. The van der Waals surface area contributed by atoms with Crippen molar-refractivity contribution in [3.63, 3.8) is 0 Å². The fourth-order valence-corrected chi connectivity index (χ4v) is 2.18. The molecule has 4 nitrogen and oxygen atoms in total. The van der Waals surface area contributed by atoms with Crippen molar-refractivity contribution >= 4 is 33.3 Å². The molecule has 0 unspecified atom stereocenters. The number of hydrogen-bond acceptors (Lipinski definition) is 4. The van der Waals surface area contributed by atoms with E-state index in [1.165, 1.54) is 0 Å². The maximum absolute atomic E-state index is 8.99. The monoisotopic (exact) mass is 308 g/mol. The van der Waals surface area contributed by atoms with Crippen LogP contribution in [0.3, 0.4) is 0 Å². The molecule has 1 rings (SSSR count). The minimum Gasteiger partial charge on any atom is -0.395 e. The lowest BCUT2D eigenvalue weighted by Crippen LogP contribution is -2.31. The quantitative estimate of drug-likeness (QED) is 0.872. The Morgan fingerprint density at radius 3 is 2.88 bits per heavy atom. The van der Waals surface area contributed by atoms with Gasteiger partial charge in [0.15, 0.2) is 0 Å². The molecule has 1 aromatic heterocycles. The molecular formula is C10H14BrClN2O2. The van der Waals surface area contributed by atoms with Gasteiger partial charge in [0.05, 0.1) is 22.7 Å². The van der Waals surface area contributed by atoms with E-state index < -0.39 is 0 Å². The van der Waals surface area contributed by atoms with Crippen molar-refractivity contribution in [2.24, 2.45) is 0 Å². The first-order valence-corrected chi connectivity index (χ1v) is 6.02. The van der Waals surface area contributed by atoms with Crippen LogP contribution in [0.1, 0.15) is 0 Å². The lowest BCUT2D eigenvalue weighted by Gasteiger charge is -2.23. The average molecular weight is 310 g/mol. The summed E-state index contributed by atoms with van der Waals surface area (Å²) in [6.07, 6.45) is 1.58. The van der Waals surface area contributed by atoms with E-state index in [2.05, 4.69) is 20.9 Å². The van der Waals surface area contributed by atoms with E-state index in [1.54, 1.807) is 19.4 Å². The molecule has 0 saturated heterocycles. The number of nitrogens with zero attached hydrogens (tertiary/aromatic N) is 2. The van der Waals surface area contributed by atoms with E-state index in [4.69, 9.17) is 21.4 Å². The maximum atomic E-state index is 8.99. The molecule has 16 heavy (non-hydrogen) atoms. The third-order valence-electron chi connectivity index (χ3n) is 2.02. The molecule has 0 aliphatic carbocycles. The first-order chi connectivity index (χ1) is 7.69. The van der Waals surface area contributed by atoms with E-state index >= 15 is 0 Å². The van der Waals surface area contributed by atoms with Crippen molar-refractivity contribution in [1.29, 1.82) is 0 Å². The lowest BCUT2D eigenvalue weighted by atomic mass is 10.4. The average Bonchev–Trinajstić information content (AvgIpc) is 2.25. The summed E-state index contributed by atoms with van der Waals surface area (Å²) in [6, 6.07) is 1.78. The molecule has 0 aliphatic heterocycles. The third-order valence-corrected chi connectivity index (χ3v) is 2.81. The number of aromatic nitrogens is 1. The molecule has 0 atom stereocenters. The SMILES string of the molecule is COCCN(CCO)c1ncc(Cl)cc1Br. The molecule has 1 N–H and O–H groups in total. The summed E-state index contributed by atoms with van der Waals surface area (Å²) in [5, 5.41) is 9.57. The van der Waals surface area contributed by atoms with E-state index in [-0.39, 0.29) is 6.61 Å². The molecule has 0 radical (unpaired) electrons. The van der Waals surface area contributed by atoms with Gasteiger partial charge in [-0.1, -0.05) is 11.6 Å². The Morgan fingerprint density at radius 1 is 1.56 bits per heavy atom. The van der Waals surface area contributed by atoms with E-state index in [9.17, 15) is 0 Å². The Kier molecular flexibility index (Phi) is 6.05. The number of halogens is 2. The molecule has 1 aromatic rings. The number of aliphatic hydroxyl groups is 1. The summed E-state index contributed by atoms with van der Waals surface area (Å²) >= 11 is 9.22. The first-order valence-electron chi connectivity index (χ1n) is 4.85. The molecular weight excluding hydrogens is 295 g/mol. The largest absolute Gasteiger partial charge is 0.395 e. The van der Waals surface area contributed by atoms with E-state index in [0.29, 0.717) is 24.7 Å². The molecule has 0 saturated carbocycles. The van der Waals surface area contributed by atoms with Crippen LogP contribution in [0.5, 0.6) is 0 Å². The number of aliphatic hydroxyl groups excluding tert-OH is 1. The normalized spacial score (nSPS) is 10.5. The second-order valence-corrected chi connectivity index (χ2v) is 4.45. The van der Waals surface area contributed by atoms with Gasteiger partial charge in [0.1, 0.15) is 5.82 Å². The zero-order chi connectivity index (χ0) is 12.0. The highest BCUT2D eigenvalue weighted by Crippen LogP contribution is 2.26. The standard InChI is InChI=1S/C10H14BrClN2O2/c1-16-5-3-14(2-4-15)10-9(11)6-8(12)7-13-10/h6-7,15H,2-5H2,1H3. The van der Waals surface area contributed by atoms with Gasteiger partial charge in [0.2, 0.25) is 0 Å². The molecule has 0 spiro atoms. The zero-order valence-corrected chi connectivity index (χ0v) is 11.3. The highest BCUT2D eigenvalue weighted by molar-refractivity contribution is 9.10. The Morgan fingerprint density at radius 2 is 2.31 bits per heavy atom. The fraction of sp³-hybridized carbons (Fsp3) is 0.500. The van der Waals surface area contributed by atoms with Gasteiger partial charge in [-0.05, 0) is 22.0 Å². The Hall–Kier alpha value is -0.360. The van der Waals surface area contributed by atoms with Gasteiger partial charge in [-0.2, -0.15) is 0 Å². The topological polar surface area (TPSA) is 45.6 Å². The maximum Gasteiger partial charge on any atom is 0.143 e. The summed E-state index contributed by atoms with van der Waals surface area (Å²) in [5.41, 5.74) is 0. The van der Waals surface area contributed by atoms with Crippen molar-refractivity contribution in [2.45, 2.75) is 0 Å². The number of methoxy groups -OCH3 is 1. The summed E-state index contributed by atoms with van der Waals surface area (Å²) in [6.45, 7) is 1.83. The molecule has 0 aromatic carbocycles. The number of ether oxygens (including phenoxy) is 1. The Balaban J connectivity index is 2.82. The van der Waals surface area contributed by atoms with Crippen molar-refractivity contribution in [1.82, 2.24) is 4.98 Å². The molecule has 0 amide bonds. The molecule has 90 valence electrons. The lowest BCUT2D eigenvalue weighted by molar-refractivity contribution is 0.202. The second kappa shape index (κ2) is 7.06. The van der Waals surface area contributed by atoms with Crippen LogP contribution in [0.4, 0.5) is 5.82 Å². The van der Waals surface area contributed by atoms with Crippen LogP contribution in [0.25, 0.3) is 0 Å². The molecule has 1 heterocycles. The van der Waals surface area contributed by atoms with Gasteiger partial charge in [-0.3, -0.25) is 0 Å². The Bertz CT molecular complexity index is 339. The summed E-state index contributed by atoms with van der Waals surface area (Å²) in [4.78, 5) is 6.16. The first kappa shape index (κ1) is 13.7. The van der Waals surface area contributed by atoms with Gasteiger partial charge in [0.25, 0.3) is 0 Å². The Labute approximate surface area is 108 Å². The molecule has 6 heteroatoms. The smallest absolute Gasteiger partial charge is 0.143 e. The van der Waals surface area contributed by atoms with Gasteiger partial charge in [-0.25, -0.2) is 4.98 Å². The van der Waals surface area contributed by atoms with Crippen molar-refractivity contribution in [2.75, 3.05) is 38.3 Å². The third kappa shape index (κ3) is 3.90. The second-order valence-electron chi connectivity index (χ2n) is 3.16. The van der Waals surface area contributed by atoms with E-state index in [1.807, 2.05) is 4.90 Å². The van der Waals surface area contributed by atoms with Crippen LogP contribution in [0, 0.1) is 0 Å². The highest BCUT2D eigenvalue weighted by atomic mass is 79.9. The van der Waals surface area contributed by atoms with Crippen LogP contribution in [-0.4, -0.2) is 43.5 Å². The molecule has 0 aliphatic rings. The number of pyridine rings is 1. The predicted molar refractivity (Wildman–Crippen MR) is 68.1 cm³/mol. The number of hydrogen-bond donors (Lipinski definition) is 1. The van der Waals surface area contributed by atoms with Crippen molar-refractivity contribution < 1.29 is 9.84 Å². The fourth-order valence-electron chi connectivity index (χ4n) is 1.29. The molecule has 0 bridgehead atoms. The van der Waals surface area contributed by atoms with Gasteiger partial charge in [0, 0.05) is 26.4 Å². The van der Waals surface area contributed by atoms with E-state index in [0.717, 1.165) is 10.3 Å².